The van der Waals surface area contributed by atoms with E-state index in [1.807, 2.05) is 11.8 Å². The fourth-order valence-corrected chi connectivity index (χ4v) is 3.04. The van der Waals surface area contributed by atoms with Crippen LogP contribution in [0.2, 0.25) is 0 Å². The lowest BCUT2D eigenvalue weighted by Gasteiger charge is -2.10. The second kappa shape index (κ2) is 4.19. The molecule has 1 heterocycles. The van der Waals surface area contributed by atoms with Crippen molar-refractivity contribution >= 4 is 34.4 Å². The monoisotopic (exact) mass is 305 g/mol. The topological polar surface area (TPSA) is 12.0 Å². The predicted molar refractivity (Wildman–Crippen MR) is 67.0 cm³/mol. The molecule has 1 saturated heterocycles. The van der Waals surface area contributed by atoms with Crippen LogP contribution in [0, 0.1) is 3.57 Å². The number of halogens is 1. The van der Waals surface area contributed by atoms with Gasteiger partial charge in [-0.2, -0.15) is 0 Å². The largest absolute Gasteiger partial charge is 0.298 e. The molecule has 0 aromatic heterocycles. The lowest BCUT2D eigenvalue weighted by molar-refractivity contribution is 0.618. The van der Waals surface area contributed by atoms with Crippen LogP contribution in [0.25, 0.3) is 0 Å². The number of benzene rings is 1. The minimum atomic E-state index is 0.506. The van der Waals surface area contributed by atoms with E-state index in [2.05, 4.69) is 59.1 Å². The third-order valence-electron chi connectivity index (χ3n) is 2.12. The number of hydrogen-bond acceptors (Lipinski definition) is 2. The van der Waals surface area contributed by atoms with Crippen LogP contribution in [0.3, 0.4) is 0 Å². The van der Waals surface area contributed by atoms with E-state index >= 15 is 0 Å². The summed E-state index contributed by atoms with van der Waals surface area (Å²) in [4.78, 5) is 0. The van der Waals surface area contributed by atoms with Crippen molar-refractivity contribution in [3.63, 3.8) is 0 Å². The Morgan fingerprint density at radius 2 is 2.08 bits per heavy atom. The van der Waals surface area contributed by atoms with Crippen molar-refractivity contribution in [2.45, 2.75) is 18.3 Å². The van der Waals surface area contributed by atoms with E-state index < -0.39 is 0 Å². The first kappa shape index (κ1) is 9.80. The number of nitrogens with one attached hydrogen (secondary N) is 1. The molecule has 2 unspecified atom stereocenters. The molecule has 0 amide bonds. The Morgan fingerprint density at radius 3 is 2.62 bits per heavy atom. The van der Waals surface area contributed by atoms with Crippen molar-refractivity contribution in [1.29, 1.82) is 0 Å². The van der Waals surface area contributed by atoms with Gasteiger partial charge in [0.25, 0.3) is 0 Å². The highest BCUT2D eigenvalue weighted by Crippen LogP contribution is 2.32. The first-order chi connectivity index (χ1) is 6.25. The fraction of sp³-hybridized carbons (Fsp3) is 0.400. The molecule has 1 aromatic rings. The molecule has 1 fully saturated rings. The number of hydrogen-bond donors (Lipinski definition) is 1. The predicted octanol–water partition coefficient (Wildman–Crippen LogP) is 3.01. The Balaban J connectivity index is 2.13. The van der Waals surface area contributed by atoms with Gasteiger partial charge in [0.15, 0.2) is 0 Å². The maximum absolute atomic E-state index is 3.55. The summed E-state index contributed by atoms with van der Waals surface area (Å²) >= 11 is 4.33. The van der Waals surface area contributed by atoms with Crippen molar-refractivity contribution in [3.8, 4) is 0 Å². The molecule has 0 bridgehead atoms. The van der Waals surface area contributed by atoms with Gasteiger partial charge in [-0.05, 0) is 47.2 Å². The molecule has 1 nitrogen and oxygen atoms in total. The molecule has 70 valence electrons. The van der Waals surface area contributed by atoms with E-state index in [9.17, 15) is 0 Å². The quantitative estimate of drug-likeness (QED) is 0.801. The Labute approximate surface area is 96.8 Å². The van der Waals surface area contributed by atoms with E-state index in [-0.39, 0.29) is 0 Å². The summed E-state index contributed by atoms with van der Waals surface area (Å²) in [7, 11) is 0. The molecule has 1 N–H and O–H groups in total. The maximum Gasteiger partial charge on any atom is 0.0792 e. The van der Waals surface area contributed by atoms with Crippen LogP contribution >= 0.6 is 34.4 Å². The molecular weight excluding hydrogens is 293 g/mol. The Kier molecular flexibility index (Phi) is 3.16. The Bertz CT molecular complexity index is 285. The average molecular weight is 305 g/mol. The summed E-state index contributed by atoms with van der Waals surface area (Å²) in [5.41, 5.74) is 1.40. The lowest BCUT2D eigenvalue weighted by atomic mass is 10.2. The highest BCUT2D eigenvalue weighted by atomic mass is 127. The Morgan fingerprint density at radius 1 is 1.38 bits per heavy atom. The average Bonchev–Trinajstić information content (AvgIpc) is 2.53. The fourth-order valence-electron chi connectivity index (χ4n) is 1.43. The first-order valence-corrected chi connectivity index (χ1v) is 6.51. The van der Waals surface area contributed by atoms with Gasteiger partial charge in [0.1, 0.15) is 0 Å². The second-order valence-corrected chi connectivity index (χ2v) is 5.72. The number of rotatable bonds is 1. The van der Waals surface area contributed by atoms with Gasteiger partial charge >= 0.3 is 0 Å². The third-order valence-corrected chi connectivity index (χ3v) is 4.27. The van der Waals surface area contributed by atoms with Gasteiger partial charge in [-0.1, -0.05) is 12.1 Å². The zero-order valence-corrected chi connectivity index (χ0v) is 10.4. The molecule has 1 aliphatic rings. The molecule has 0 aliphatic carbocycles. The van der Waals surface area contributed by atoms with Crippen LogP contribution in [0.1, 0.15) is 17.9 Å². The highest BCUT2D eigenvalue weighted by molar-refractivity contribution is 14.1. The molecular formula is C10H12INS. The third kappa shape index (κ3) is 2.39. The van der Waals surface area contributed by atoms with Crippen LogP contribution in [0.4, 0.5) is 0 Å². The van der Waals surface area contributed by atoms with E-state index in [4.69, 9.17) is 0 Å². The zero-order chi connectivity index (χ0) is 9.26. The molecule has 1 aliphatic heterocycles. The normalized spacial score (nSPS) is 27.8. The molecule has 0 spiro atoms. The van der Waals surface area contributed by atoms with Crippen molar-refractivity contribution in [2.75, 3.05) is 5.75 Å². The molecule has 2 rings (SSSR count). The molecule has 1 aromatic carbocycles. The first-order valence-electron chi connectivity index (χ1n) is 4.39. The van der Waals surface area contributed by atoms with E-state index in [1.165, 1.54) is 14.9 Å². The molecule has 13 heavy (non-hydrogen) atoms. The minimum Gasteiger partial charge on any atom is -0.298 e. The van der Waals surface area contributed by atoms with Crippen LogP contribution in [-0.4, -0.2) is 11.8 Å². The summed E-state index contributed by atoms with van der Waals surface area (Å²) in [6.07, 6.45) is 0. The van der Waals surface area contributed by atoms with Crippen molar-refractivity contribution in [3.05, 3.63) is 33.4 Å². The lowest BCUT2D eigenvalue weighted by Crippen LogP contribution is -2.21. The minimum absolute atomic E-state index is 0.506. The molecule has 0 saturated carbocycles. The summed E-state index contributed by atoms with van der Waals surface area (Å²) in [6, 6.07) is 9.41. The standard InChI is InChI=1S/C10H12INS/c1-7-6-13-10(12-7)8-2-4-9(11)5-3-8/h2-5,7,10,12H,6H2,1H3. The smallest absolute Gasteiger partial charge is 0.0792 e. The maximum atomic E-state index is 3.55. The van der Waals surface area contributed by atoms with Crippen molar-refractivity contribution in [1.82, 2.24) is 5.32 Å². The number of thioether (sulfide) groups is 1. The highest BCUT2D eigenvalue weighted by Gasteiger charge is 2.21. The van der Waals surface area contributed by atoms with Crippen molar-refractivity contribution in [2.24, 2.45) is 0 Å². The second-order valence-electron chi connectivity index (χ2n) is 3.33. The summed E-state index contributed by atoms with van der Waals surface area (Å²) in [6.45, 7) is 2.24. The van der Waals surface area contributed by atoms with Gasteiger partial charge in [0.05, 0.1) is 5.37 Å². The molecule has 3 heteroatoms. The van der Waals surface area contributed by atoms with Crippen LogP contribution in [-0.2, 0) is 0 Å². The molecule has 2 atom stereocenters. The van der Waals surface area contributed by atoms with E-state index in [0.29, 0.717) is 11.4 Å². The SMILES string of the molecule is CC1CSC(c2ccc(I)cc2)N1. The van der Waals surface area contributed by atoms with Crippen LogP contribution < -0.4 is 5.32 Å². The van der Waals surface area contributed by atoms with Crippen LogP contribution in [0.15, 0.2) is 24.3 Å². The zero-order valence-electron chi connectivity index (χ0n) is 7.46. The molecule has 0 radical (unpaired) electrons. The summed E-state index contributed by atoms with van der Waals surface area (Å²) < 4.78 is 1.30. The van der Waals surface area contributed by atoms with Crippen molar-refractivity contribution < 1.29 is 0 Å². The van der Waals surface area contributed by atoms with Gasteiger partial charge < -0.3 is 0 Å². The van der Waals surface area contributed by atoms with E-state index in [0.717, 1.165) is 0 Å². The van der Waals surface area contributed by atoms with Gasteiger partial charge in [0, 0.05) is 15.4 Å². The summed E-state index contributed by atoms with van der Waals surface area (Å²) in [5.74, 6) is 1.22. The van der Waals surface area contributed by atoms with Gasteiger partial charge in [-0.25, -0.2) is 0 Å². The van der Waals surface area contributed by atoms with E-state index in [1.54, 1.807) is 0 Å². The van der Waals surface area contributed by atoms with Gasteiger partial charge in [-0.3, -0.25) is 5.32 Å². The Hall–Kier alpha value is 0.260. The summed E-state index contributed by atoms with van der Waals surface area (Å²) in [5, 5.41) is 4.06. The van der Waals surface area contributed by atoms with Gasteiger partial charge in [0.2, 0.25) is 0 Å². The van der Waals surface area contributed by atoms with Gasteiger partial charge in [-0.15, -0.1) is 11.8 Å². The van der Waals surface area contributed by atoms with Crippen LogP contribution in [0.5, 0.6) is 0 Å².